The Balaban J connectivity index is 1.66. The van der Waals surface area contributed by atoms with Gasteiger partial charge in [0.2, 0.25) is 5.89 Å². The summed E-state index contributed by atoms with van der Waals surface area (Å²) in [6.45, 7) is 2.17. The highest BCUT2D eigenvalue weighted by molar-refractivity contribution is 5.06. The molecule has 18 heavy (non-hydrogen) atoms. The van der Waals surface area contributed by atoms with Crippen LogP contribution in [-0.4, -0.2) is 23.2 Å². The zero-order valence-electron chi connectivity index (χ0n) is 11.4. The van der Waals surface area contributed by atoms with Crippen LogP contribution in [0.2, 0.25) is 0 Å². The van der Waals surface area contributed by atoms with Crippen LogP contribution in [0.3, 0.4) is 0 Å². The number of likely N-dealkylation sites (N-methyl/N-ethyl adjacent to an activating group) is 1. The molecule has 4 nitrogen and oxygen atoms in total. The molecular weight excluding hydrogens is 226 g/mol. The lowest BCUT2D eigenvalue weighted by atomic mass is 9.88. The number of hydrogen-bond acceptors (Lipinski definition) is 4. The Morgan fingerprint density at radius 3 is 2.89 bits per heavy atom. The van der Waals surface area contributed by atoms with Crippen molar-refractivity contribution in [2.45, 2.75) is 57.4 Å². The summed E-state index contributed by atoms with van der Waals surface area (Å²) in [6.07, 6.45) is 7.40. The highest BCUT2D eigenvalue weighted by atomic mass is 16.5. The number of rotatable bonds is 5. The number of nitrogens with one attached hydrogen (secondary N) is 1. The summed E-state index contributed by atoms with van der Waals surface area (Å²) in [5.74, 6) is 4.11. The van der Waals surface area contributed by atoms with Gasteiger partial charge in [-0.15, -0.1) is 0 Å². The molecule has 0 spiro atoms. The molecule has 0 saturated heterocycles. The van der Waals surface area contributed by atoms with E-state index in [-0.39, 0.29) is 0 Å². The fourth-order valence-corrected chi connectivity index (χ4v) is 3.72. The summed E-state index contributed by atoms with van der Waals surface area (Å²) in [4.78, 5) is 4.63. The summed E-state index contributed by atoms with van der Waals surface area (Å²) in [5.41, 5.74) is 0. The van der Waals surface area contributed by atoms with Crippen molar-refractivity contribution in [3.63, 3.8) is 0 Å². The second-order valence-corrected chi connectivity index (χ2v) is 5.93. The van der Waals surface area contributed by atoms with E-state index in [2.05, 4.69) is 22.4 Å². The minimum absolute atomic E-state index is 0.443. The van der Waals surface area contributed by atoms with Crippen LogP contribution in [0.4, 0.5) is 0 Å². The number of nitrogens with zero attached hydrogens (tertiary/aromatic N) is 2. The van der Waals surface area contributed by atoms with Crippen LogP contribution in [0, 0.1) is 11.8 Å². The van der Waals surface area contributed by atoms with Crippen LogP contribution in [0.5, 0.6) is 0 Å². The molecule has 2 aliphatic rings. The SMILES string of the molecule is CCC(Cc1nc(C2CC3CCC2C3)no1)NC. The second kappa shape index (κ2) is 5.00. The van der Waals surface area contributed by atoms with Crippen LogP contribution >= 0.6 is 0 Å². The Kier molecular flexibility index (Phi) is 3.37. The Morgan fingerprint density at radius 2 is 2.28 bits per heavy atom. The molecule has 1 aromatic rings. The smallest absolute Gasteiger partial charge is 0.228 e. The molecule has 0 aliphatic heterocycles. The van der Waals surface area contributed by atoms with Gasteiger partial charge in [-0.2, -0.15) is 4.98 Å². The van der Waals surface area contributed by atoms with Crippen LogP contribution in [0.25, 0.3) is 0 Å². The van der Waals surface area contributed by atoms with Gasteiger partial charge in [-0.05, 0) is 44.6 Å². The number of aromatic nitrogens is 2. The van der Waals surface area contributed by atoms with E-state index in [1.165, 1.54) is 25.7 Å². The maximum absolute atomic E-state index is 5.42. The van der Waals surface area contributed by atoms with E-state index in [1.54, 1.807) is 0 Å². The van der Waals surface area contributed by atoms with Crippen molar-refractivity contribution in [1.82, 2.24) is 15.5 Å². The minimum atomic E-state index is 0.443. The summed E-state index contributed by atoms with van der Waals surface area (Å²) >= 11 is 0. The molecule has 2 aliphatic carbocycles. The van der Waals surface area contributed by atoms with Crippen LogP contribution in [-0.2, 0) is 6.42 Å². The number of fused-ring (bicyclic) bond motifs is 2. The molecule has 2 bridgehead atoms. The fraction of sp³-hybridized carbons (Fsp3) is 0.857. The highest BCUT2D eigenvalue weighted by Gasteiger charge is 2.42. The third-order valence-corrected chi connectivity index (χ3v) is 4.88. The molecule has 0 amide bonds. The summed E-state index contributed by atoms with van der Waals surface area (Å²) < 4.78 is 5.42. The molecule has 4 heteroatoms. The van der Waals surface area contributed by atoms with Gasteiger partial charge in [0.1, 0.15) is 0 Å². The molecule has 0 aromatic carbocycles. The minimum Gasteiger partial charge on any atom is -0.339 e. The highest BCUT2D eigenvalue weighted by Crippen LogP contribution is 2.52. The molecule has 4 atom stereocenters. The molecule has 2 saturated carbocycles. The standard InChI is InChI=1S/C14H23N3O/c1-3-11(15-2)8-13-16-14(17-18-13)12-7-9-4-5-10(12)6-9/h9-12,15H,3-8H2,1-2H3. The molecular formula is C14H23N3O. The fourth-order valence-electron chi connectivity index (χ4n) is 3.72. The van der Waals surface area contributed by atoms with E-state index in [0.717, 1.165) is 36.4 Å². The lowest BCUT2D eigenvalue weighted by Crippen LogP contribution is -2.26. The average molecular weight is 249 g/mol. The third kappa shape index (κ3) is 2.18. The molecule has 3 rings (SSSR count). The van der Waals surface area contributed by atoms with Crippen LogP contribution in [0.1, 0.15) is 56.7 Å². The van der Waals surface area contributed by atoms with E-state index in [4.69, 9.17) is 4.52 Å². The molecule has 2 fully saturated rings. The first-order chi connectivity index (χ1) is 8.80. The second-order valence-electron chi connectivity index (χ2n) is 5.93. The maximum Gasteiger partial charge on any atom is 0.228 e. The van der Waals surface area contributed by atoms with E-state index >= 15 is 0 Å². The van der Waals surface area contributed by atoms with E-state index in [1.807, 2.05) is 7.05 Å². The van der Waals surface area contributed by atoms with Crippen molar-refractivity contribution in [2.24, 2.45) is 11.8 Å². The van der Waals surface area contributed by atoms with Gasteiger partial charge in [0, 0.05) is 18.4 Å². The molecule has 0 radical (unpaired) electrons. The number of hydrogen-bond donors (Lipinski definition) is 1. The Morgan fingerprint density at radius 1 is 1.39 bits per heavy atom. The Labute approximate surface area is 109 Å². The van der Waals surface area contributed by atoms with E-state index in [9.17, 15) is 0 Å². The molecule has 1 heterocycles. The summed E-state index contributed by atoms with van der Waals surface area (Å²) in [7, 11) is 1.99. The molecule has 1 N–H and O–H groups in total. The van der Waals surface area contributed by atoms with Crippen molar-refractivity contribution in [1.29, 1.82) is 0 Å². The third-order valence-electron chi connectivity index (χ3n) is 4.88. The Hall–Kier alpha value is -0.900. The van der Waals surface area contributed by atoms with Crippen molar-refractivity contribution in [3.05, 3.63) is 11.7 Å². The molecule has 100 valence electrons. The normalized spacial score (nSPS) is 32.0. The Bertz CT molecular complexity index is 399. The first-order valence-electron chi connectivity index (χ1n) is 7.29. The predicted octanol–water partition coefficient (Wildman–Crippen LogP) is 2.51. The first kappa shape index (κ1) is 12.2. The topological polar surface area (TPSA) is 51.0 Å². The van der Waals surface area contributed by atoms with Gasteiger partial charge < -0.3 is 9.84 Å². The van der Waals surface area contributed by atoms with Crippen LogP contribution in [0.15, 0.2) is 4.52 Å². The van der Waals surface area contributed by atoms with Gasteiger partial charge in [0.05, 0.1) is 0 Å². The lowest BCUT2D eigenvalue weighted by molar-refractivity contribution is 0.341. The average Bonchev–Trinajstić information content (AvgIpc) is 3.11. The molecule has 4 unspecified atom stereocenters. The first-order valence-corrected chi connectivity index (χ1v) is 7.29. The van der Waals surface area contributed by atoms with Gasteiger partial charge in [-0.3, -0.25) is 0 Å². The molecule has 1 aromatic heterocycles. The maximum atomic E-state index is 5.42. The van der Waals surface area contributed by atoms with Gasteiger partial charge in [-0.25, -0.2) is 0 Å². The van der Waals surface area contributed by atoms with Crippen molar-refractivity contribution in [3.8, 4) is 0 Å². The summed E-state index contributed by atoms with van der Waals surface area (Å²) in [6, 6.07) is 0.443. The zero-order chi connectivity index (χ0) is 12.5. The largest absolute Gasteiger partial charge is 0.339 e. The monoisotopic (exact) mass is 249 g/mol. The zero-order valence-corrected chi connectivity index (χ0v) is 11.4. The van der Waals surface area contributed by atoms with Crippen LogP contribution < -0.4 is 5.32 Å². The van der Waals surface area contributed by atoms with Gasteiger partial charge in [0.15, 0.2) is 5.82 Å². The van der Waals surface area contributed by atoms with E-state index < -0.39 is 0 Å². The predicted molar refractivity (Wildman–Crippen MR) is 69.3 cm³/mol. The van der Waals surface area contributed by atoms with Gasteiger partial charge in [-0.1, -0.05) is 18.5 Å². The van der Waals surface area contributed by atoms with Gasteiger partial charge >= 0.3 is 0 Å². The van der Waals surface area contributed by atoms with Crippen molar-refractivity contribution < 1.29 is 4.52 Å². The lowest BCUT2D eigenvalue weighted by Gasteiger charge is -2.17. The van der Waals surface area contributed by atoms with Crippen molar-refractivity contribution in [2.75, 3.05) is 7.05 Å². The quantitative estimate of drug-likeness (QED) is 0.871. The van der Waals surface area contributed by atoms with Crippen molar-refractivity contribution >= 4 is 0 Å². The van der Waals surface area contributed by atoms with Gasteiger partial charge in [0.25, 0.3) is 0 Å². The summed E-state index contributed by atoms with van der Waals surface area (Å²) in [5, 5.41) is 7.50. The van der Waals surface area contributed by atoms with E-state index in [0.29, 0.717) is 12.0 Å².